The zero-order valence-electron chi connectivity index (χ0n) is 22.2. The largest absolute Gasteiger partial charge is 0.372 e. The second kappa shape index (κ2) is 10.4. The van der Waals surface area contributed by atoms with E-state index in [4.69, 9.17) is 0 Å². The number of aliphatic hydroxyl groups is 1. The second-order valence-corrected chi connectivity index (χ2v) is 10.8. The van der Waals surface area contributed by atoms with Crippen LogP contribution in [0.1, 0.15) is 38.2 Å². The van der Waals surface area contributed by atoms with E-state index >= 15 is 0 Å². The van der Waals surface area contributed by atoms with Gasteiger partial charge in [-0.1, -0.05) is 30.3 Å². The van der Waals surface area contributed by atoms with Crippen molar-refractivity contribution in [3.8, 4) is 11.3 Å². The molecule has 0 radical (unpaired) electrons. The van der Waals surface area contributed by atoms with E-state index in [1.165, 1.54) is 24.1 Å². The molecule has 0 bridgehead atoms. The van der Waals surface area contributed by atoms with Gasteiger partial charge in [0.1, 0.15) is 0 Å². The minimum absolute atomic E-state index is 0.114. The molecule has 1 atom stereocenters. The molecule has 2 aromatic carbocycles. The number of aromatic nitrogens is 1. The number of hydrogen-bond acceptors (Lipinski definition) is 5. The monoisotopic (exact) mass is 511 g/mol. The van der Waals surface area contributed by atoms with Crippen molar-refractivity contribution in [1.29, 1.82) is 0 Å². The van der Waals surface area contributed by atoms with Crippen LogP contribution in [0.3, 0.4) is 0 Å². The van der Waals surface area contributed by atoms with Crippen molar-refractivity contribution in [2.75, 3.05) is 42.5 Å². The number of likely N-dealkylation sites (tertiary alicyclic amines) is 1. The molecule has 1 unspecified atom stereocenters. The quantitative estimate of drug-likeness (QED) is 0.507. The topological polar surface area (TPSA) is 63.2 Å². The van der Waals surface area contributed by atoms with Gasteiger partial charge in [-0.05, 0) is 74.6 Å². The highest BCUT2D eigenvalue weighted by Crippen LogP contribution is 2.42. The molecule has 3 aliphatic heterocycles. The number of likely N-dealkylation sites (N-methyl/N-ethyl adjacent to an activating group) is 1. The third kappa shape index (κ3) is 4.44. The highest BCUT2D eigenvalue weighted by Gasteiger charge is 2.57. The van der Waals surface area contributed by atoms with Gasteiger partial charge in [0.05, 0.1) is 11.2 Å². The lowest BCUT2D eigenvalue weighted by Gasteiger charge is -2.45. The zero-order valence-corrected chi connectivity index (χ0v) is 22.2. The molecule has 3 fully saturated rings. The summed E-state index contributed by atoms with van der Waals surface area (Å²) in [5.41, 5.74) is 4.66. The van der Waals surface area contributed by atoms with Crippen LogP contribution in [0.25, 0.3) is 11.3 Å². The van der Waals surface area contributed by atoms with Crippen LogP contribution in [0.4, 0.5) is 16.2 Å². The maximum absolute atomic E-state index is 13.6. The maximum atomic E-state index is 13.6. The zero-order chi connectivity index (χ0) is 26.1. The van der Waals surface area contributed by atoms with Gasteiger partial charge in [0, 0.05) is 62.4 Å². The van der Waals surface area contributed by atoms with E-state index in [0.29, 0.717) is 6.54 Å². The second-order valence-electron chi connectivity index (χ2n) is 10.8. The minimum atomic E-state index is -0.877. The predicted octanol–water partition coefficient (Wildman–Crippen LogP) is 4.96. The number of urea groups is 1. The number of hydrogen-bond donors (Lipinski definition) is 1. The third-order valence-corrected chi connectivity index (χ3v) is 8.66. The Labute approximate surface area is 225 Å². The molecule has 6 rings (SSSR count). The van der Waals surface area contributed by atoms with Crippen LogP contribution in [0.15, 0.2) is 72.9 Å². The molecule has 3 aliphatic rings. The summed E-state index contributed by atoms with van der Waals surface area (Å²) in [5, 5.41) is 11.6. The van der Waals surface area contributed by atoms with Gasteiger partial charge in [-0.15, -0.1) is 0 Å². The van der Waals surface area contributed by atoms with Crippen LogP contribution < -0.4 is 9.80 Å². The molecule has 7 nitrogen and oxygen atoms in total. The minimum Gasteiger partial charge on any atom is -0.372 e. The van der Waals surface area contributed by atoms with Gasteiger partial charge in [-0.3, -0.25) is 14.8 Å². The first kappa shape index (κ1) is 24.9. The summed E-state index contributed by atoms with van der Waals surface area (Å²) in [6.45, 7) is 7.50. The Bertz CT molecular complexity index is 1230. The van der Waals surface area contributed by atoms with Crippen LogP contribution in [0.5, 0.6) is 0 Å². The van der Waals surface area contributed by atoms with Gasteiger partial charge >= 0.3 is 6.03 Å². The van der Waals surface area contributed by atoms with E-state index in [2.05, 4.69) is 39.0 Å². The summed E-state index contributed by atoms with van der Waals surface area (Å²) in [5.74, 6) is 0. The van der Waals surface area contributed by atoms with E-state index in [9.17, 15) is 9.90 Å². The standard InChI is InChI=1S/C31H37N5O2/c1-2-35-30(38)36(27-14-10-25(11-15-27)28-7-3-4-18-32-28)29(37)31(35)16-21-33(22-17-31)23-24-8-12-26(13-9-24)34-19-5-6-20-34/h3-4,7-15,18,29,37H,2,5-6,16-17,19-23H2,1H3. The van der Waals surface area contributed by atoms with Crippen molar-refractivity contribution >= 4 is 17.4 Å². The number of amides is 2. The first-order chi connectivity index (χ1) is 18.6. The summed E-state index contributed by atoms with van der Waals surface area (Å²) < 4.78 is 0. The van der Waals surface area contributed by atoms with Gasteiger partial charge in [0.25, 0.3) is 0 Å². The lowest BCUT2D eigenvalue weighted by molar-refractivity contribution is -0.0126. The number of rotatable bonds is 6. The molecule has 2 amide bonds. The molecule has 198 valence electrons. The molecule has 4 heterocycles. The van der Waals surface area contributed by atoms with Crippen LogP contribution in [0.2, 0.25) is 0 Å². The molecular weight excluding hydrogens is 474 g/mol. The van der Waals surface area contributed by atoms with Crippen LogP contribution >= 0.6 is 0 Å². The SMILES string of the molecule is CCN1C(=O)N(c2ccc(-c3ccccn3)cc2)C(O)C12CCN(Cc1ccc(N3CCCC3)cc1)CC2. The van der Waals surface area contributed by atoms with Gasteiger partial charge in [0.15, 0.2) is 6.23 Å². The lowest BCUT2D eigenvalue weighted by Crippen LogP contribution is -2.58. The number of carbonyl (C=O) groups excluding carboxylic acids is 1. The van der Waals surface area contributed by atoms with Gasteiger partial charge in [-0.2, -0.15) is 0 Å². The van der Waals surface area contributed by atoms with Crippen LogP contribution in [-0.2, 0) is 6.54 Å². The molecule has 7 heteroatoms. The summed E-state index contributed by atoms with van der Waals surface area (Å²) in [4.78, 5) is 26.4. The van der Waals surface area contributed by atoms with Gasteiger partial charge in [0.2, 0.25) is 0 Å². The number of anilines is 2. The van der Waals surface area contributed by atoms with E-state index < -0.39 is 11.8 Å². The maximum Gasteiger partial charge on any atom is 0.327 e. The average Bonchev–Trinajstić information content (AvgIpc) is 3.57. The molecule has 38 heavy (non-hydrogen) atoms. The summed E-state index contributed by atoms with van der Waals surface area (Å²) in [7, 11) is 0. The first-order valence-electron chi connectivity index (χ1n) is 14.0. The number of pyridine rings is 1. The fourth-order valence-electron chi connectivity index (χ4n) is 6.51. The highest BCUT2D eigenvalue weighted by atomic mass is 16.3. The van der Waals surface area contributed by atoms with Crippen molar-refractivity contribution in [2.24, 2.45) is 0 Å². The van der Waals surface area contributed by atoms with Crippen molar-refractivity contribution in [3.63, 3.8) is 0 Å². The number of benzene rings is 2. The van der Waals surface area contributed by atoms with Crippen LogP contribution in [0, 0.1) is 0 Å². The van der Waals surface area contributed by atoms with E-state index in [1.807, 2.05) is 54.3 Å². The normalized spacial score (nSPS) is 21.6. The Kier molecular flexibility index (Phi) is 6.80. The molecular formula is C31H37N5O2. The fraction of sp³-hybridized carbons (Fsp3) is 0.419. The number of nitrogens with zero attached hydrogens (tertiary/aromatic N) is 5. The number of aliphatic hydroxyl groups excluding tert-OH is 1. The fourth-order valence-corrected chi connectivity index (χ4v) is 6.51. The molecule has 3 aromatic rings. The summed E-state index contributed by atoms with van der Waals surface area (Å²) >= 11 is 0. The molecule has 1 aromatic heterocycles. The number of carbonyl (C=O) groups is 1. The first-order valence-corrected chi connectivity index (χ1v) is 14.0. The van der Waals surface area contributed by atoms with Crippen molar-refractivity contribution in [1.82, 2.24) is 14.8 Å². The van der Waals surface area contributed by atoms with Crippen LogP contribution in [-0.4, -0.2) is 70.4 Å². The predicted molar refractivity (Wildman–Crippen MR) is 151 cm³/mol. The Morgan fingerprint density at radius 1 is 0.895 bits per heavy atom. The molecule has 3 saturated heterocycles. The molecule has 0 saturated carbocycles. The Morgan fingerprint density at radius 2 is 1.58 bits per heavy atom. The summed E-state index contributed by atoms with van der Waals surface area (Å²) in [6, 6.07) is 22.5. The average molecular weight is 512 g/mol. The molecule has 1 N–H and O–H groups in total. The molecule has 1 spiro atoms. The number of piperidine rings is 1. The van der Waals surface area contributed by atoms with Crippen molar-refractivity contribution in [3.05, 3.63) is 78.5 Å². The smallest absolute Gasteiger partial charge is 0.327 e. The van der Waals surface area contributed by atoms with Crippen molar-refractivity contribution in [2.45, 2.75) is 50.9 Å². The Balaban J connectivity index is 1.14. The Hall–Kier alpha value is -3.42. The van der Waals surface area contributed by atoms with E-state index in [-0.39, 0.29) is 6.03 Å². The van der Waals surface area contributed by atoms with Gasteiger partial charge in [-0.25, -0.2) is 4.79 Å². The van der Waals surface area contributed by atoms with Crippen molar-refractivity contribution < 1.29 is 9.90 Å². The van der Waals surface area contributed by atoms with E-state index in [0.717, 1.165) is 62.5 Å². The Morgan fingerprint density at radius 3 is 2.21 bits per heavy atom. The van der Waals surface area contributed by atoms with E-state index in [1.54, 1.807) is 11.1 Å². The highest BCUT2D eigenvalue weighted by molar-refractivity contribution is 5.96. The van der Waals surface area contributed by atoms with Gasteiger partial charge < -0.3 is 14.9 Å². The molecule has 0 aliphatic carbocycles. The third-order valence-electron chi connectivity index (χ3n) is 8.66. The lowest BCUT2D eigenvalue weighted by atomic mass is 9.84. The summed E-state index contributed by atoms with van der Waals surface area (Å²) in [6.07, 6.45) is 4.97.